The van der Waals surface area contributed by atoms with Gasteiger partial charge < -0.3 is 15.7 Å². The third-order valence-corrected chi connectivity index (χ3v) is 3.42. The zero-order chi connectivity index (χ0) is 11.3. The normalized spacial score (nSPS) is 27.7. The Morgan fingerprint density at radius 3 is 2.73 bits per heavy atom. The summed E-state index contributed by atoms with van der Waals surface area (Å²) in [6.45, 7) is 2.80. The summed E-state index contributed by atoms with van der Waals surface area (Å²) in [4.78, 5) is 11.5. The van der Waals surface area contributed by atoms with Crippen LogP contribution in [-0.2, 0) is 4.79 Å². The number of carbonyl (C=O) groups is 1. The second-order valence-electron chi connectivity index (χ2n) is 4.39. The van der Waals surface area contributed by atoms with Crippen LogP contribution in [0.15, 0.2) is 0 Å². The van der Waals surface area contributed by atoms with Gasteiger partial charge in [0.25, 0.3) is 0 Å². The summed E-state index contributed by atoms with van der Waals surface area (Å²) < 4.78 is 0. The number of hydrogen-bond acceptors (Lipinski definition) is 3. The summed E-state index contributed by atoms with van der Waals surface area (Å²) in [6.07, 6.45) is 3.39. The van der Waals surface area contributed by atoms with Crippen molar-refractivity contribution in [3.8, 4) is 0 Å². The fourth-order valence-corrected chi connectivity index (χ4v) is 2.14. The highest BCUT2D eigenvalue weighted by Crippen LogP contribution is 2.30. The molecular weight excluding hydrogens is 192 g/mol. The van der Waals surface area contributed by atoms with E-state index >= 15 is 0 Å². The molecule has 0 aromatic rings. The third kappa shape index (κ3) is 3.47. The molecule has 0 saturated heterocycles. The van der Waals surface area contributed by atoms with Gasteiger partial charge in [-0.15, -0.1) is 0 Å². The van der Waals surface area contributed by atoms with Gasteiger partial charge in [0.1, 0.15) is 0 Å². The molecule has 1 saturated carbocycles. The summed E-state index contributed by atoms with van der Waals surface area (Å²) in [6, 6.07) is -0.140. The highest BCUT2D eigenvalue weighted by atomic mass is 16.3. The molecule has 0 heterocycles. The molecule has 3 atom stereocenters. The van der Waals surface area contributed by atoms with Crippen molar-refractivity contribution in [1.29, 1.82) is 0 Å². The van der Waals surface area contributed by atoms with Gasteiger partial charge in [-0.25, -0.2) is 0 Å². The molecule has 88 valence electrons. The summed E-state index contributed by atoms with van der Waals surface area (Å²) in [7, 11) is 1.77. The van der Waals surface area contributed by atoms with E-state index in [0.717, 1.165) is 12.8 Å². The van der Waals surface area contributed by atoms with Crippen molar-refractivity contribution in [1.82, 2.24) is 10.6 Å². The lowest BCUT2D eigenvalue weighted by atomic mass is 9.97. The van der Waals surface area contributed by atoms with E-state index < -0.39 is 0 Å². The Balaban J connectivity index is 2.27. The van der Waals surface area contributed by atoms with Gasteiger partial charge in [-0.05, 0) is 38.6 Å². The van der Waals surface area contributed by atoms with Crippen LogP contribution in [0.4, 0.5) is 0 Å². The third-order valence-electron chi connectivity index (χ3n) is 3.42. The van der Waals surface area contributed by atoms with Crippen molar-refractivity contribution in [3.05, 3.63) is 0 Å². The first-order valence-electron chi connectivity index (χ1n) is 5.74. The minimum Gasteiger partial charge on any atom is -0.396 e. The minimum absolute atomic E-state index is 0.0427. The maximum absolute atomic E-state index is 11.5. The van der Waals surface area contributed by atoms with Gasteiger partial charge >= 0.3 is 0 Å². The topological polar surface area (TPSA) is 61.4 Å². The van der Waals surface area contributed by atoms with Crippen molar-refractivity contribution >= 4 is 5.91 Å². The monoisotopic (exact) mass is 214 g/mol. The Kier molecular flexibility index (Phi) is 5.05. The van der Waals surface area contributed by atoms with E-state index in [1.54, 1.807) is 7.05 Å². The molecule has 3 unspecified atom stereocenters. The zero-order valence-electron chi connectivity index (χ0n) is 9.62. The van der Waals surface area contributed by atoms with Gasteiger partial charge in [0.2, 0.25) is 5.91 Å². The molecule has 1 aliphatic rings. The van der Waals surface area contributed by atoms with Crippen molar-refractivity contribution in [2.75, 3.05) is 20.2 Å². The second-order valence-corrected chi connectivity index (χ2v) is 4.39. The molecule has 3 N–H and O–H groups in total. The Morgan fingerprint density at radius 1 is 1.47 bits per heavy atom. The number of rotatable bonds is 5. The first-order chi connectivity index (χ1) is 7.19. The van der Waals surface area contributed by atoms with Crippen LogP contribution in [0.5, 0.6) is 0 Å². The maximum Gasteiger partial charge on any atom is 0.236 e. The Morgan fingerprint density at radius 2 is 2.13 bits per heavy atom. The van der Waals surface area contributed by atoms with Crippen LogP contribution < -0.4 is 10.6 Å². The van der Waals surface area contributed by atoms with E-state index in [-0.39, 0.29) is 18.6 Å². The predicted octanol–water partition coefficient (Wildman–Crippen LogP) is 0.119. The molecule has 0 radical (unpaired) electrons. The number of likely N-dealkylation sites (N-methyl/N-ethyl adjacent to an activating group) is 1. The lowest BCUT2D eigenvalue weighted by molar-refractivity contribution is -0.122. The fraction of sp³-hybridized carbons (Fsp3) is 0.909. The number of amides is 1. The van der Waals surface area contributed by atoms with E-state index in [2.05, 4.69) is 10.6 Å². The van der Waals surface area contributed by atoms with E-state index in [4.69, 9.17) is 5.11 Å². The quantitative estimate of drug-likeness (QED) is 0.609. The summed E-state index contributed by atoms with van der Waals surface area (Å²) in [5.74, 6) is 0.888. The molecule has 1 aliphatic carbocycles. The first kappa shape index (κ1) is 12.5. The van der Waals surface area contributed by atoms with Crippen LogP contribution in [0.1, 0.15) is 26.2 Å². The van der Waals surface area contributed by atoms with Crippen LogP contribution in [0, 0.1) is 11.8 Å². The highest BCUT2D eigenvalue weighted by molar-refractivity contribution is 5.81. The molecule has 4 nitrogen and oxygen atoms in total. The van der Waals surface area contributed by atoms with Crippen molar-refractivity contribution in [3.63, 3.8) is 0 Å². The maximum atomic E-state index is 11.5. The molecule has 0 aromatic heterocycles. The van der Waals surface area contributed by atoms with Crippen LogP contribution in [-0.4, -0.2) is 37.3 Å². The molecule has 0 bridgehead atoms. The second kappa shape index (κ2) is 6.08. The summed E-state index contributed by atoms with van der Waals surface area (Å²) >= 11 is 0. The molecule has 0 aliphatic heterocycles. The van der Waals surface area contributed by atoms with E-state index in [1.807, 2.05) is 6.92 Å². The van der Waals surface area contributed by atoms with Crippen molar-refractivity contribution < 1.29 is 9.90 Å². The van der Waals surface area contributed by atoms with Crippen molar-refractivity contribution in [2.45, 2.75) is 32.2 Å². The largest absolute Gasteiger partial charge is 0.396 e. The van der Waals surface area contributed by atoms with E-state index in [0.29, 0.717) is 18.4 Å². The van der Waals surface area contributed by atoms with E-state index in [9.17, 15) is 4.79 Å². The van der Waals surface area contributed by atoms with Gasteiger partial charge in [0.05, 0.1) is 6.04 Å². The number of aliphatic hydroxyl groups is 1. The molecule has 1 rings (SSSR count). The lowest BCUT2D eigenvalue weighted by Crippen LogP contribution is -2.42. The summed E-state index contributed by atoms with van der Waals surface area (Å²) in [5.41, 5.74) is 0. The van der Waals surface area contributed by atoms with Crippen molar-refractivity contribution in [2.24, 2.45) is 11.8 Å². The SMILES string of the molecule is CNC(C)C(=O)NCC1CCCC1CO. The van der Waals surface area contributed by atoms with Crippen LogP contribution in [0.2, 0.25) is 0 Å². The number of hydrogen-bond donors (Lipinski definition) is 3. The smallest absolute Gasteiger partial charge is 0.236 e. The minimum atomic E-state index is -0.140. The Hall–Kier alpha value is -0.610. The number of nitrogens with one attached hydrogen (secondary N) is 2. The molecule has 15 heavy (non-hydrogen) atoms. The lowest BCUT2D eigenvalue weighted by Gasteiger charge is -2.19. The van der Waals surface area contributed by atoms with Gasteiger partial charge in [-0.1, -0.05) is 6.42 Å². The molecule has 1 fully saturated rings. The van der Waals surface area contributed by atoms with E-state index in [1.165, 1.54) is 6.42 Å². The molecule has 0 aromatic carbocycles. The van der Waals surface area contributed by atoms with Gasteiger partial charge in [0, 0.05) is 13.2 Å². The molecule has 4 heteroatoms. The van der Waals surface area contributed by atoms with Crippen LogP contribution >= 0.6 is 0 Å². The molecule has 0 spiro atoms. The van der Waals surface area contributed by atoms with Crippen LogP contribution in [0.3, 0.4) is 0 Å². The Bertz CT molecular complexity index is 209. The number of carbonyl (C=O) groups excluding carboxylic acids is 1. The first-order valence-corrected chi connectivity index (χ1v) is 5.74. The summed E-state index contributed by atoms with van der Waals surface area (Å²) in [5, 5.41) is 15.0. The standard InChI is InChI=1S/C11H22N2O2/c1-8(12-2)11(15)13-6-9-4-3-5-10(9)7-14/h8-10,12,14H,3-7H2,1-2H3,(H,13,15). The van der Waals surface area contributed by atoms with Gasteiger partial charge in [-0.2, -0.15) is 0 Å². The zero-order valence-corrected chi connectivity index (χ0v) is 9.62. The van der Waals surface area contributed by atoms with Gasteiger partial charge in [-0.3, -0.25) is 4.79 Å². The predicted molar refractivity (Wildman–Crippen MR) is 59.4 cm³/mol. The van der Waals surface area contributed by atoms with Gasteiger partial charge in [0.15, 0.2) is 0 Å². The van der Waals surface area contributed by atoms with Crippen LogP contribution in [0.25, 0.3) is 0 Å². The average molecular weight is 214 g/mol. The number of aliphatic hydroxyl groups excluding tert-OH is 1. The average Bonchev–Trinajstić information content (AvgIpc) is 2.71. The fourth-order valence-electron chi connectivity index (χ4n) is 2.14. The Labute approximate surface area is 91.4 Å². The molecule has 1 amide bonds. The highest BCUT2D eigenvalue weighted by Gasteiger charge is 2.26. The molecular formula is C11H22N2O2.